The number of ketones is 1. The van der Waals surface area contributed by atoms with Crippen LogP contribution in [0.25, 0.3) is 5.76 Å². The molecular formula is C18H15NO5. The van der Waals surface area contributed by atoms with Gasteiger partial charge in [-0.3, -0.25) is 9.59 Å². The van der Waals surface area contributed by atoms with Crippen LogP contribution in [0.1, 0.15) is 21.5 Å². The minimum Gasteiger partial charge on any atom is -0.507 e. The smallest absolute Gasteiger partial charge is 0.337 e. The Labute approximate surface area is 138 Å². The van der Waals surface area contributed by atoms with Crippen molar-refractivity contribution in [3.05, 3.63) is 71.3 Å². The molecule has 0 aliphatic heterocycles. The Balaban J connectivity index is 2.15. The van der Waals surface area contributed by atoms with E-state index in [-0.39, 0.29) is 17.0 Å². The zero-order valence-electron chi connectivity index (χ0n) is 12.8. The standard InChI is InChI=1S/C18H15NO5/c1-11-6-8-12(9-7-11)15(20)10-16(21)17(22)19-14-5-3-2-4-13(14)18(23)24/h2-10,20H,1H3,(H,19,22)(H,23,24)/b15-10-. The molecule has 0 unspecified atom stereocenters. The lowest BCUT2D eigenvalue weighted by Gasteiger charge is -2.06. The van der Waals surface area contributed by atoms with E-state index in [0.29, 0.717) is 5.56 Å². The highest BCUT2D eigenvalue weighted by atomic mass is 16.4. The normalized spacial score (nSPS) is 11.0. The molecule has 0 aromatic heterocycles. The molecule has 1 amide bonds. The van der Waals surface area contributed by atoms with Crippen molar-refractivity contribution < 1.29 is 24.6 Å². The quantitative estimate of drug-likeness (QED) is 0.445. The predicted molar refractivity (Wildman–Crippen MR) is 88.8 cm³/mol. The maximum atomic E-state index is 11.9. The highest BCUT2D eigenvalue weighted by Crippen LogP contribution is 2.16. The molecule has 0 spiro atoms. The molecule has 6 heteroatoms. The Morgan fingerprint density at radius 1 is 0.958 bits per heavy atom. The summed E-state index contributed by atoms with van der Waals surface area (Å²) in [4.78, 5) is 34.9. The van der Waals surface area contributed by atoms with Gasteiger partial charge in [-0.25, -0.2) is 4.79 Å². The van der Waals surface area contributed by atoms with Crippen LogP contribution in [-0.4, -0.2) is 27.9 Å². The molecule has 0 fully saturated rings. The summed E-state index contributed by atoms with van der Waals surface area (Å²) in [5.74, 6) is -3.60. The number of aromatic carboxylic acids is 1. The van der Waals surface area contributed by atoms with Crippen molar-refractivity contribution in [3.63, 3.8) is 0 Å². The van der Waals surface area contributed by atoms with Crippen molar-refractivity contribution in [1.29, 1.82) is 0 Å². The van der Waals surface area contributed by atoms with E-state index in [0.717, 1.165) is 11.6 Å². The van der Waals surface area contributed by atoms with Crippen LogP contribution in [0.3, 0.4) is 0 Å². The van der Waals surface area contributed by atoms with Crippen LogP contribution in [0.15, 0.2) is 54.6 Å². The third-order valence-corrected chi connectivity index (χ3v) is 3.24. The number of rotatable bonds is 5. The highest BCUT2D eigenvalue weighted by Gasteiger charge is 2.16. The van der Waals surface area contributed by atoms with Gasteiger partial charge in [-0.2, -0.15) is 0 Å². The lowest BCUT2D eigenvalue weighted by molar-refractivity contribution is -0.131. The number of nitrogens with one attached hydrogen (secondary N) is 1. The van der Waals surface area contributed by atoms with Crippen LogP contribution in [0.4, 0.5) is 5.69 Å². The maximum absolute atomic E-state index is 11.9. The number of hydrogen-bond donors (Lipinski definition) is 3. The van der Waals surface area contributed by atoms with Crippen LogP contribution in [-0.2, 0) is 9.59 Å². The van der Waals surface area contributed by atoms with E-state index in [1.807, 2.05) is 6.92 Å². The summed E-state index contributed by atoms with van der Waals surface area (Å²) >= 11 is 0. The fourth-order valence-electron chi connectivity index (χ4n) is 1.96. The third-order valence-electron chi connectivity index (χ3n) is 3.24. The molecule has 2 aromatic rings. The van der Waals surface area contributed by atoms with E-state index in [1.54, 1.807) is 24.3 Å². The van der Waals surface area contributed by atoms with E-state index in [1.165, 1.54) is 24.3 Å². The average molecular weight is 325 g/mol. The number of benzene rings is 2. The molecule has 0 atom stereocenters. The molecule has 24 heavy (non-hydrogen) atoms. The molecule has 0 heterocycles. The van der Waals surface area contributed by atoms with Gasteiger partial charge >= 0.3 is 5.97 Å². The molecule has 0 aliphatic rings. The van der Waals surface area contributed by atoms with Crippen LogP contribution >= 0.6 is 0 Å². The van der Waals surface area contributed by atoms with Crippen LogP contribution in [0, 0.1) is 6.92 Å². The summed E-state index contributed by atoms with van der Waals surface area (Å²) in [5.41, 5.74) is 1.26. The number of aliphatic hydroxyl groups excluding tert-OH is 1. The molecule has 0 saturated carbocycles. The number of carbonyl (C=O) groups excluding carboxylic acids is 2. The molecule has 122 valence electrons. The first-order valence-corrected chi connectivity index (χ1v) is 7.04. The Morgan fingerprint density at radius 2 is 1.58 bits per heavy atom. The zero-order chi connectivity index (χ0) is 17.7. The van der Waals surface area contributed by atoms with Gasteiger partial charge in [0.15, 0.2) is 0 Å². The number of amides is 1. The van der Waals surface area contributed by atoms with Gasteiger partial charge in [0.25, 0.3) is 5.91 Å². The molecule has 3 N–H and O–H groups in total. The minimum atomic E-state index is -1.23. The second-order valence-electron chi connectivity index (χ2n) is 5.06. The SMILES string of the molecule is Cc1ccc(/C(O)=C/C(=O)C(=O)Nc2ccccc2C(=O)O)cc1. The summed E-state index contributed by atoms with van der Waals surface area (Å²) in [6.45, 7) is 1.88. The Morgan fingerprint density at radius 3 is 2.21 bits per heavy atom. The predicted octanol–water partition coefficient (Wildman–Crippen LogP) is 2.80. The first-order chi connectivity index (χ1) is 11.4. The number of hydrogen-bond acceptors (Lipinski definition) is 4. The van der Waals surface area contributed by atoms with Crippen molar-refractivity contribution in [3.8, 4) is 0 Å². The number of carboxylic acid groups (broad SMARTS) is 1. The van der Waals surface area contributed by atoms with Crippen LogP contribution < -0.4 is 5.32 Å². The maximum Gasteiger partial charge on any atom is 0.337 e. The van der Waals surface area contributed by atoms with Gasteiger partial charge in [-0.15, -0.1) is 0 Å². The zero-order valence-corrected chi connectivity index (χ0v) is 12.8. The largest absolute Gasteiger partial charge is 0.507 e. The fraction of sp³-hybridized carbons (Fsp3) is 0.0556. The monoisotopic (exact) mass is 325 g/mol. The van der Waals surface area contributed by atoms with E-state index < -0.39 is 17.7 Å². The summed E-state index contributed by atoms with van der Waals surface area (Å²) in [7, 11) is 0. The number of carboxylic acids is 1. The van der Waals surface area contributed by atoms with Crippen molar-refractivity contribution in [2.24, 2.45) is 0 Å². The lowest BCUT2D eigenvalue weighted by Crippen LogP contribution is -2.22. The number of carbonyl (C=O) groups is 3. The Hall–Kier alpha value is -3.41. The number of para-hydroxylation sites is 1. The molecule has 2 aromatic carbocycles. The Kier molecular flexibility index (Phi) is 5.11. The van der Waals surface area contributed by atoms with Gasteiger partial charge < -0.3 is 15.5 Å². The van der Waals surface area contributed by atoms with Gasteiger partial charge in [0.05, 0.1) is 11.3 Å². The average Bonchev–Trinajstić information content (AvgIpc) is 2.55. The molecule has 0 radical (unpaired) electrons. The number of aryl methyl sites for hydroxylation is 1. The van der Waals surface area contributed by atoms with Gasteiger partial charge in [0.2, 0.25) is 5.78 Å². The van der Waals surface area contributed by atoms with Crippen molar-refractivity contribution in [2.45, 2.75) is 6.92 Å². The van der Waals surface area contributed by atoms with Crippen LogP contribution in [0.2, 0.25) is 0 Å². The van der Waals surface area contributed by atoms with Crippen molar-refractivity contribution in [2.75, 3.05) is 5.32 Å². The molecule has 6 nitrogen and oxygen atoms in total. The molecule has 0 bridgehead atoms. The molecular weight excluding hydrogens is 310 g/mol. The first kappa shape index (κ1) is 17.0. The molecule has 2 rings (SSSR count). The number of anilines is 1. The van der Waals surface area contributed by atoms with Gasteiger partial charge in [0, 0.05) is 11.6 Å². The van der Waals surface area contributed by atoms with Crippen LogP contribution in [0.5, 0.6) is 0 Å². The van der Waals surface area contributed by atoms with E-state index in [4.69, 9.17) is 5.11 Å². The van der Waals surface area contributed by atoms with Crippen molar-refractivity contribution >= 4 is 29.1 Å². The van der Waals surface area contributed by atoms with E-state index in [2.05, 4.69) is 5.32 Å². The van der Waals surface area contributed by atoms with Gasteiger partial charge in [-0.1, -0.05) is 42.0 Å². The summed E-state index contributed by atoms with van der Waals surface area (Å²) in [6.07, 6.45) is 0.795. The number of aliphatic hydroxyl groups is 1. The highest BCUT2D eigenvalue weighted by molar-refractivity contribution is 6.45. The van der Waals surface area contributed by atoms with Gasteiger partial charge in [-0.05, 0) is 19.1 Å². The summed E-state index contributed by atoms with van der Waals surface area (Å²) in [6, 6.07) is 12.5. The minimum absolute atomic E-state index is 0.00609. The first-order valence-electron chi connectivity index (χ1n) is 7.04. The van der Waals surface area contributed by atoms with E-state index >= 15 is 0 Å². The lowest BCUT2D eigenvalue weighted by atomic mass is 10.1. The Bertz CT molecular complexity index is 822. The second kappa shape index (κ2) is 7.23. The van der Waals surface area contributed by atoms with Gasteiger partial charge in [0.1, 0.15) is 5.76 Å². The molecule has 0 aliphatic carbocycles. The van der Waals surface area contributed by atoms with E-state index in [9.17, 15) is 19.5 Å². The fourth-order valence-corrected chi connectivity index (χ4v) is 1.96. The topological polar surface area (TPSA) is 104 Å². The third kappa shape index (κ3) is 4.07. The second-order valence-corrected chi connectivity index (χ2v) is 5.06. The summed E-state index contributed by atoms with van der Waals surface area (Å²) < 4.78 is 0. The van der Waals surface area contributed by atoms with Crippen molar-refractivity contribution in [1.82, 2.24) is 0 Å². The molecule has 0 saturated heterocycles. The summed E-state index contributed by atoms with van der Waals surface area (Å²) in [5, 5.41) is 21.2.